The molecular formula is C18H21ClN2O. The van der Waals surface area contributed by atoms with E-state index in [9.17, 15) is 0 Å². The number of nitrogens with zero attached hydrogens (tertiary/aromatic N) is 1. The van der Waals surface area contributed by atoms with Gasteiger partial charge in [0.05, 0.1) is 29.6 Å². The highest BCUT2D eigenvalue weighted by atomic mass is 35.5. The van der Waals surface area contributed by atoms with Gasteiger partial charge in [-0.05, 0) is 24.6 Å². The van der Waals surface area contributed by atoms with E-state index in [0.29, 0.717) is 0 Å². The summed E-state index contributed by atoms with van der Waals surface area (Å²) in [6.45, 7) is 6.15. The molecule has 2 aromatic carbocycles. The average Bonchev–Trinajstić information content (AvgIpc) is 2.55. The molecule has 1 saturated heterocycles. The molecule has 0 atom stereocenters. The number of nitrogens with one attached hydrogen (secondary N) is 1. The second kappa shape index (κ2) is 7.03. The van der Waals surface area contributed by atoms with Crippen molar-refractivity contribution in [3.63, 3.8) is 0 Å². The third-order valence-electron chi connectivity index (χ3n) is 3.92. The second-order valence-corrected chi connectivity index (χ2v) is 5.98. The molecule has 1 N–H and O–H groups in total. The topological polar surface area (TPSA) is 24.5 Å². The van der Waals surface area contributed by atoms with Crippen molar-refractivity contribution in [3.8, 4) is 0 Å². The molecule has 0 aliphatic carbocycles. The van der Waals surface area contributed by atoms with Crippen LogP contribution < -0.4 is 10.2 Å². The minimum Gasteiger partial charge on any atom is -0.379 e. The summed E-state index contributed by atoms with van der Waals surface area (Å²) < 4.78 is 5.44. The first-order chi connectivity index (χ1) is 10.7. The van der Waals surface area contributed by atoms with Crippen LogP contribution in [0.1, 0.15) is 11.1 Å². The van der Waals surface area contributed by atoms with Gasteiger partial charge in [0.1, 0.15) is 0 Å². The van der Waals surface area contributed by atoms with Gasteiger partial charge in [0, 0.05) is 19.6 Å². The molecule has 3 rings (SSSR count). The van der Waals surface area contributed by atoms with Crippen LogP contribution in [0.25, 0.3) is 0 Å². The molecule has 116 valence electrons. The first-order valence-electron chi connectivity index (χ1n) is 7.64. The molecule has 3 nitrogen and oxygen atoms in total. The molecule has 2 aromatic rings. The molecule has 1 fully saturated rings. The van der Waals surface area contributed by atoms with Gasteiger partial charge < -0.3 is 15.0 Å². The maximum Gasteiger partial charge on any atom is 0.0792 e. The number of hydrogen-bond acceptors (Lipinski definition) is 3. The Morgan fingerprint density at radius 3 is 2.55 bits per heavy atom. The zero-order valence-corrected chi connectivity index (χ0v) is 13.6. The molecule has 1 heterocycles. The lowest BCUT2D eigenvalue weighted by Gasteiger charge is -2.31. The van der Waals surface area contributed by atoms with Crippen LogP contribution in [-0.2, 0) is 11.3 Å². The first kappa shape index (κ1) is 15.2. The number of anilines is 2. The highest BCUT2D eigenvalue weighted by Gasteiger charge is 2.17. The lowest BCUT2D eigenvalue weighted by molar-refractivity contribution is 0.123. The number of hydrogen-bond donors (Lipinski definition) is 1. The van der Waals surface area contributed by atoms with Gasteiger partial charge in [0.15, 0.2) is 0 Å². The van der Waals surface area contributed by atoms with Crippen LogP contribution in [0.4, 0.5) is 11.4 Å². The van der Waals surface area contributed by atoms with Crippen LogP contribution in [0.15, 0.2) is 42.5 Å². The van der Waals surface area contributed by atoms with Gasteiger partial charge in [0.2, 0.25) is 0 Å². The maximum atomic E-state index is 6.44. The summed E-state index contributed by atoms with van der Waals surface area (Å²) in [5.41, 5.74) is 4.70. The molecule has 0 aromatic heterocycles. The predicted molar refractivity (Wildman–Crippen MR) is 93.0 cm³/mol. The quantitative estimate of drug-likeness (QED) is 0.919. The largest absolute Gasteiger partial charge is 0.379 e. The van der Waals surface area contributed by atoms with Crippen molar-refractivity contribution in [3.05, 3.63) is 58.6 Å². The molecule has 0 radical (unpaired) electrons. The van der Waals surface area contributed by atoms with Crippen molar-refractivity contribution in [1.82, 2.24) is 0 Å². The van der Waals surface area contributed by atoms with Crippen molar-refractivity contribution in [2.24, 2.45) is 0 Å². The monoisotopic (exact) mass is 316 g/mol. The Kier molecular flexibility index (Phi) is 4.86. The third kappa shape index (κ3) is 3.54. The summed E-state index contributed by atoms with van der Waals surface area (Å²) in [6, 6.07) is 14.6. The fourth-order valence-corrected chi connectivity index (χ4v) is 2.96. The van der Waals surface area contributed by atoms with Gasteiger partial charge >= 0.3 is 0 Å². The highest BCUT2D eigenvalue weighted by molar-refractivity contribution is 6.34. The van der Waals surface area contributed by atoms with Crippen LogP contribution in [-0.4, -0.2) is 26.3 Å². The SMILES string of the molecule is Cc1ccc(CNc2cccc(Cl)c2N2CCOCC2)cc1. The fourth-order valence-electron chi connectivity index (χ4n) is 2.67. The first-order valence-corrected chi connectivity index (χ1v) is 8.02. The van der Waals surface area contributed by atoms with E-state index in [4.69, 9.17) is 16.3 Å². The number of rotatable bonds is 4. The zero-order valence-electron chi connectivity index (χ0n) is 12.8. The standard InChI is InChI=1S/C18H21ClN2O/c1-14-5-7-15(8-6-14)13-20-17-4-2-3-16(19)18(17)21-9-11-22-12-10-21/h2-8,20H,9-13H2,1H3. The van der Waals surface area contributed by atoms with E-state index in [1.807, 2.05) is 12.1 Å². The van der Waals surface area contributed by atoms with Crippen LogP contribution in [0.3, 0.4) is 0 Å². The smallest absolute Gasteiger partial charge is 0.0792 e. The summed E-state index contributed by atoms with van der Waals surface area (Å²) in [5.74, 6) is 0. The van der Waals surface area contributed by atoms with Crippen molar-refractivity contribution < 1.29 is 4.74 Å². The molecule has 0 unspecified atom stereocenters. The zero-order chi connectivity index (χ0) is 15.4. The van der Waals surface area contributed by atoms with Crippen LogP contribution in [0, 0.1) is 6.92 Å². The highest BCUT2D eigenvalue weighted by Crippen LogP contribution is 2.34. The summed E-state index contributed by atoms with van der Waals surface area (Å²) in [6.07, 6.45) is 0. The average molecular weight is 317 g/mol. The number of para-hydroxylation sites is 1. The van der Waals surface area contributed by atoms with E-state index in [2.05, 4.69) is 47.5 Å². The van der Waals surface area contributed by atoms with Crippen LogP contribution >= 0.6 is 11.6 Å². The van der Waals surface area contributed by atoms with Crippen molar-refractivity contribution >= 4 is 23.0 Å². The summed E-state index contributed by atoms with van der Waals surface area (Å²) in [5, 5.41) is 4.31. The molecule has 0 bridgehead atoms. The molecule has 1 aliphatic heterocycles. The number of morpholine rings is 1. The van der Waals surface area contributed by atoms with Crippen molar-refractivity contribution in [2.75, 3.05) is 36.5 Å². The van der Waals surface area contributed by atoms with Crippen LogP contribution in [0.2, 0.25) is 5.02 Å². The maximum absolute atomic E-state index is 6.44. The molecule has 0 spiro atoms. The van der Waals surface area contributed by atoms with Gasteiger partial charge in [-0.25, -0.2) is 0 Å². The second-order valence-electron chi connectivity index (χ2n) is 5.57. The van der Waals surface area contributed by atoms with Crippen LogP contribution in [0.5, 0.6) is 0 Å². The molecular weight excluding hydrogens is 296 g/mol. The minimum absolute atomic E-state index is 0.753. The number of aryl methyl sites for hydroxylation is 1. The Morgan fingerprint density at radius 2 is 1.82 bits per heavy atom. The molecule has 0 saturated carbocycles. The molecule has 1 aliphatic rings. The Bertz CT molecular complexity index is 621. The predicted octanol–water partition coefficient (Wildman–Crippen LogP) is 4.10. The van der Waals surface area contributed by atoms with E-state index in [1.165, 1.54) is 11.1 Å². The fraction of sp³-hybridized carbons (Fsp3) is 0.333. The van der Waals surface area contributed by atoms with Gasteiger partial charge in [-0.2, -0.15) is 0 Å². The normalized spacial score (nSPS) is 14.9. The third-order valence-corrected chi connectivity index (χ3v) is 4.22. The lowest BCUT2D eigenvalue weighted by Crippen LogP contribution is -2.36. The minimum atomic E-state index is 0.753. The molecule has 22 heavy (non-hydrogen) atoms. The molecule has 4 heteroatoms. The van der Waals surface area contributed by atoms with E-state index in [1.54, 1.807) is 0 Å². The van der Waals surface area contributed by atoms with Gasteiger partial charge in [-0.3, -0.25) is 0 Å². The Labute approximate surface area is 136 Å². The Hall–Kier alpha value is -1.71. The van der Waals surface area contributed by atoms with Crippen molar-refractivity contribution in [2.45, 2.75) is 13.5 Å². The van der Waals surface area contributed by atoms with Gasteiger partial charge in [0.25, 0.3) is 0 Å². The Balaban J connectivity index is 1.77. The van der Waals surface area contributed by atoms with E-state index < -0.39 is 0 Å². The number of ether oxygens (including phenoxy) is 1. The van der Waals surface area contributed by atoms with Gasteiger partial charge in [-0.1, -0.05) is 47.5 Å². The lowest BCUT2D eigenvalue weighted by atomic mass is 10.1. The Morgan fingerprint density at radius 1 is 1.09 bits per heavy atom. The van der Waals surface area contributed by atoms with Crippen molar-refractivity contribution in [1.29, 1.82) is 0 Å². The summed E-state index contributed by atoms with van der Waals surface area (Å²) >= 11 is 6.44. The number of halogens is 1. The van der Waals surface area contributed by atoms with Gasteiger partial charge in [-0.15, -0.1) is 0 Å². The molecule has 0 amide bonds. The van der Waals surface area contributed by atoms with E-state index in [0.717, 1.165) is 49.2 Å². The summed E-state index contributed by atoms with van der Waals surface area (Å²) in [7, 11) is 0. The van der Waals surface area contributed by atoms with E-state index >= 15 is 0 Å². The number of benzene rings is 2. The van der Waals surface area contributed by atoms with E-state index in [-0.39, 0.29) is 0 Å². The summed E-state index contributed by atoms with van der Waals surface area (Å²) in [4.78, 5) is 2.29.